The first kappa shape index (κ1) is 21.7. The number of carbonyl (C=O) groups is 1. The molecule has 2 N–H and O–H groups in total. The summed E-state index contributed by atoms with van der Waals surface area (Å²) in [5.74, 6) is 0.424. The van der Waals surface area contributed by atoms with Crippen LogP contribution < -0.4 is 15.5 Å². The normalized spacial score (nSPS) is 21.9. The van der Waals surface area contributed by atoms with Gasteiger partial charge in [0.2, 0.25) is 0 Å². The number of hydrogen-bond acceptors (Lipinski definition) is 5. The predicted octanol–water partition coefficient (Wildman–Crippen LogP) is 4.11. The molecule has 1 aromatic heterocycles. The van der Waals surface area contributed by atoms with Crippen LogP contribution in [0.15, 0.2) is 29.2 Å². The zero-order valence-corrected chi connectivity index (χ0v) is 18.5. The SMILES string of the molecule is CC(C)(C)OC(=O)NC1C(C)(C)C(Oc2ccc(C#N)c3[nH]ccc(=O)c23)C1(C)C. The van der Waals surface area contributed by atoms with Crippen molar-refractivity contribution in [3.8, 4) is 11.8 Å². The molecular weight excluding hydrogens is 382 g/mol. The van der Waals surface area contributed by atoms with Gasteiger partial charge in [0, 0.05) is 29.1 Å². The van der Waals surface area contributed by atoms with E-state index in [2.05, 4.69) is 16.4 Å². The van der Waals surface area contributed by atoms with E-state index in [4.69, 9.17) is 9.47 Å². The second kappa shape index (κ2) is 7.05. The Labute approximate surface area is 176 Å². The average molecular weight is 412 g/mol. The molecule has 0 spiro atoms. The van der Waals surface area contributed by atoms with Gasteiger partial charge in [-0.2, -0.15) is 5.26 Å². The zero-order valence-electron chi connectivity index (χ0n) is 18.5. The molecular formula is C23H29N3O4. The molecule has 1 aliphatic rings. The van der Waals surface area contributed by atoms with Gasteiger partial charge < -0.3 is 19.8 Å². The number of nitriles is 1. The molecule has 2 aromatic rings. The van der Waals surface area contributed by atoms with Gasteiger partial charge in [0.05, 0.1) is 16.5 Å². The molecule has 3 rings (SSSR count). The lowest BCUT2D eigenvalue weighted by atomic mass is 9.49. The molecule has 0 atom stereocenters. The molecule has 0 unspecified atom stereocenters. The van der Waals surface area contributed by atoms with Crippen LogP contribution in [0.3, 0.4) is 0 Å². The van der Waals surface area contributed by atoms with Gasteiger partial charge in [-0.15, -0.1) is 0 Å². The largest absolute Gasteiger partial charge is 0.488 e. The van der Waals surface area contributed by atoms with Crippen LogP contribution in [0.25, 0.3) is 10.9 Å². The minimum atomic E-state index is -0.583. The maximum absolute atomic E-state index is 12.5. The highest BCUT2D eigenvalue weighted by atomic mass is 16.6. The van der Waals surface area contributed by atoms with Gasteiger partial charge in [-0.1, -0.05) is 27.7 Å². The van der Waals surface area contributed by atoms with Gasteiger partial charge in [0.25, 0.3) is 0 Å². The van der Waals surface area contributed by atoms with Gasteiger partial charge in [-0.05, 0) is 32.9 Å². The van der Waals surface area contributed by atoms with E-state index in [9.17, 15) is 14.9 Å². The molecule has 1 aliphatic carbocycles. The van der Waals surface area contributed by atoms with E-state index >= 15 is 0 Å². The predicted molar refractivity (Wildman–Crippen MR) is 114 cm³/mol. The summed E-state index contributed by atoms with van der Waals surface area (Å²) >= 11 is 0. The highest BCUT2D eigenvalue weighted by Crippen LogP contribution is 2.55. The standard InChI is InChI=1S/C23H29N3O4/c1-21(2,3)30-20(28)26-18-22(4,5)19(23(18,6)7)29-15-9-8-13(12-24)17-16(15)14(27)10-11-25-17/h8-11,18-19H,1-7H3,(H,25,27)(H,26,28). The van der Waals surface area contributed by atoms with Crippen molar-refractivity contribution < 1.29 is 14.3 Å². The van der Waals surface area contributed by atoms with E-state index < -0.39 is 22.5 Å². The number of amides is 1. The lowest BCUT2D eigenvalue weighted by Gasteiger charge is -2.62. The van der Waals surface area contributed by atoms with Crippen LogP contribution in [0, 0.1) is 22.2 Å². The fourth-order valence-corrected chi connectivity index (χ4v) is 4.81. The molecule has 0 saturated heterocycles. The Morgan fingerprint density at radius 1 is 1.17 bits per heavy atom. The van der Waals surface area contributed by atoms with Gasteiger partial charge >= 0.3 is 6.09 Å². The van der Waals surface area contributed by atoms with Gasteiger partial charge in [-0.25, -0.2) is 4.79 Å². The average Bonchev–Trinajstić information content (AvgIpc) is 2.62. The smallest absolute Gasteiger partial charge is 0.407 e. The molecule has 30 heavy (non-hydrogen) atoms. The maximum Gasteiger partial charge on any atom is 0.407 e. The third-order valence-corrected chi connectivity index (χ3v) is 5.74. The highest BCUT2D eigenvalue weighted by molar-refractivity contribution is 5.89. The first-order chi connectivity index (χ1) is 13.8. The van der Waals surface area contributed by atoms with E-state index in [1.807, 2.05) is 48.5 Å². The number of carbonyl (C=O) groups excluding carboxylic acids is 1. The Hall–Kier alpha value is -3.01. The van der Waals surface area contributed by atoms with Crippen molar-refractivity contribution in [1.29, 1.82) is 5.26 Å². The van der Waals surface area contributed by atoms with Crippen LogP contribution in [0.2, 0.25) is 0 Å². The number of rotatable bonds is 3. The van der Waals surface area contributed by atoms with Crippen molar-refractivity contribution >= 4 is 17.0 Å². The first-order valence-corrected chi connectivity index (χ1v) is 9.99. The molecule has 7 heteroatoms. The lowest BCUT2D eigenvalue weighted by Crippen LogP contribution is -2.74. The first-order valence-electron chi connectivity index (χ1n) is 9.99. The monoisotopic (exact) mass is 411 g/mol. The number of alkyl carbamates (subject to hydrolysis) is 1. The molecule has 0 bridgehead atoms. The number of pyridine rings is 1. The molecule has 1 heterocycles. The summed E-state index contributed by atoms with van der Waals surface area (Å²) in [6, 6.07) is 6.63. The van der Waals surface area contributed by atoms with E-state index in [1.54, 1.807) is 12.1 Å². The van der Waals surface area contributed by atoms with Gasteiger partial charge in [0.15, 0.2) is 5.43 Å². The zero-order chi connectivity index (χ0) is 22.5. The lowest BCUT2D eigenvalue weighted by molar-refractivity contribution is -0.166. The molecule has 1 aromatic carbocycles. The Morgan fingerprint density at radius 3 is 2.37 bits per heavy atom. The quantitative estimate of drug-likeness (QED) is 0.791. The van der Waals surface area contributed by atoms with Crippen LogP contribution >= 0.6 is 0 Å². The molecule has 1 amide bonds. The summed E-state index contributed by atoms with van der Waals surface area (Å²) in [4.78, 5) is 27.9. The van der Waals surface area contributed by atoms with Crippen LogP contribution in [0.4, 0.5) is 4.79 Å². The van der Waals surface area contributed by atoms with Gasteiger partial charge in [-0.3, -0.25) is 4.79 Å². The topological polar surface area (TPSA) is 104 Å². The van der Waals surface area contributed by atoms with Crippen molar-refractivity contribution in [3.05, 3.63) is 40.2 Å². The molecule has 160 valence electrons. The minimum absolute atomic E-state index is 0.187. The fraction of sp³-hybridized carbons (Fsp3) is 0.522. The Kier molecular flexibility index (Phi) is 5.10. The summed E-state index contributed by atoms with van der Waals surface area (Å²) < 4.78 is 11.8. The number of aromatic nitrogens is 1. The van der Waals surface area contributed by atoms with Crippen LogP contribution in [-0.2, 0) is 4.74 Å². The minimum Gasteiger partial charge on any atom is -0.488 e. The van der Waals surface area contributed by atoms with E-state index in [-0.39, 0.29) is 17.6 Å². The number of H-pyrrole nitrogens is 1. The second-order valence-corrected chi connectivity index (χ2v) is 10.0. The fourth-order valence-electron chi connectivity index (χ4n) is 4.81. The number of nitrogens with one attached hydrogen (secondary N) is 2. The Bertz CT molecular complexity index is 1070. The highest BCUT2D eigenvalue weighted by Gasteiger charge is 2.64. The third-order valence-electron chi connectivity index (χ3n) is 5.74. The van der Waals surface area contributed by atoms with Crippen molar-refractivity contribution in [2.24, 2.45) is 10.8 Å². The summed E-state index contributed by atoms with van der Waals surface area (Å²) in [5.41, 5.74) is -0.785. The van der Waals surface area contributed by atoms with Crippen molar-refractivity contribution in [2.75, 3.05) is 0 Å². The molecule has 1 fully saturated rings. The van der Waals surface area contributed by atoms with Crippen molar-refractivity contribution in [3.63, 3.8) is 0 Å². The Morgan fingerprint density at radius 2 is 1.80 bits per heavy atom. The molecule has 7 nitrogen and oxygen atoms in total. The molecule has 0 aliphatic heterocycles. The summed E-state index contributed by atoms with van der Waals surface area (Å²) in [6.07, 6.45) is 0.779. The number of ether oxygens (including phenoxy) is 2. The van der Waals surface area contributed by atoms with E-state index in [1.165, 1.54) is 12.3 Å². The van der Waals surface area contributed by atoms with Crippen molar-refractivity contribution in [2.45, 2.75) is 66.2 Å². The summed E-state index contributed by atoms with van der Waals surface area (Å²) in [6.45, 7) is 13.5. The third kappa shape index (κ3) is 3.62. The van der Waals surface area contributed by atoms with Crippen molar-refractivity contribution in [1.82, 2.24) is 10.3 Å². The van der Waals surface area contributed by atoms with E-state index in [0.717, 1.165) is 0 Å². The van der Waals surface area contributed by atoms with Gasteiger partial charge in [0.1, 0.15) is 23.5 Å². The number of hydrogen-bond donors (Lipinski definition) is 2. The van der Waals surface area contributed by atoms with Crippen LogP contribution in [-0.4, -0.2) is 28.8 Å². The number of aromatic amines is 1. The molecule has 1 saturated carbocycles. The Balaban J connectivity index is 1.91. The van der Waals surface area contributed by atoms with Crippen LogP contribution in [0.5, 0.6) is 5.75 Å². The number of fused-ring (bicyclic) bond motifs is 1. The van der Waals surface area contributed by atoms with E-state index in [0.29, 0.717) is 22.2 Å². The summed E-state index contributed by atoms with van der Waals surface area (Å²) in [5, 5.41) is 12.7. The maximum atomic E-state index is 12.5. The summed E-state index contributed by atoms with van der Waals surface area (Å²) in [7, 11) is 0. The number of benzene rings is 1. The number of nitrogens with zero attached hydrogens (tertiary/aromatic N) is 1. The molecule has 0 radical (unpaired) electrons. The van der Waals surface area contributed by atoms with Crippen LogP contribution in [0.1, 0.15) is 54.0 Å². The second-order valence-electron chi connectivity index (χ2n) is 10.0.